The van der Waals surface area contributed by atoms with E-state index < -0.39 is 18.1 Å². The fraction of sp³-hybridized carbons (Fsp3) is 0.906. The van der Waals surface area contributed by atoms with Crippen LogP contribution in [0.5, 0.6) is 0 Å². The number of quaternary nitrogens is 1. The summed E-state index contributed by atoms with van der Waals surface area (Å²) in [5, 5.41) is 11.7. The van der Waals surface area contributed by atoms with Gasteiger partial charge in [0.2, 0.25) is 0 Å². The standard InChI is InChI=1S/C53H101NO7/c1-6-8-10-12-14-16-18-20-22-23-24-25-26-27-28-29-30-32-33-35-37-39-41-43-51(55)60-48-49(47-59-46-45-50(53(57)58)54(3,4)5)61-52(56)44-42-40-38-36-34-31-21-19-17-15-13-11-9-7-2/h31,34,49-50H,6-30,32-33,35-48H2,1-5H3/b34-31+. The van der Waals surface area contributed by atoms with Crippen LogP contribution in [0.15, 0.2) is 12.2 Å². The third-order valence-corrected chi connectivity index (χ3v) is 12.2. The second kappa shape index (κ2) is 44.7. The van der Waals surface area contributed by atoms with Crippen molar-refractivity contribution in [3.63, 3.8) is 0 Å². The van der Waals surface area contributed by atoms with E-state index in [1.165, 1.54) is 173 Å². The molecule has 360 valence electrons. The van der Waals surface area contributed by atoms with Crippen LogP contribution in [0.25, 0.3) is 0 Å². The molecule has 0 amide bonds. The first-order valence-corrected chi connectivity index (χ1v) is 26.2. The highest BCUT2D eigenvalue weighted by molar-refractivity contribution is 5.70. The van der Waals surface area contributed by atoms with Crippen LogP contribution < -0.4 is 5.11 Å². The quantitative estimate of drug-likeness (QED) is 0.0260. The van der Waals surface area contributed by atoms with Gasteiger partial charge in [0.15, 0.2) is 6.10 Å². The zero-order chi connectivity index (χ0) is 44.9. The number of carbonyl (C=O) groups excluding carboxylic acids is 3. The molecule has 0 aliphatic rings. The van der Waals surface area contributed by atoms with Gasteiger partial charge in [-0.3, -0.25) is 9.59 Å². The van der Waals surface area contributed by atoms with Crippen molar-refractivity contribution in [2.75, 3.05) is 41.0 Å². The summed E-state index contributed by atoms with van der Waals surface area (Å²) in [6.45, 7) is 4.69. The molecule has 0 aliphatic carbocycles. The Morgan fingerprint density at radius 2 is 0.820 bits per heavy atom. The number of carboxylic acids is 1. The SMILES string of the molecule is CCCCCCCCC/C=C/CCCCCC(=O)OC(COCCC(C(=O)[O-])[N+](C)(C)C)COC(=O)CCCCCCCCCCCCCCCCCCCCCCCCC. The summed E-state index contributed by atoms with van der Waals surface area (Å²) < 4.78 is 17.2. The Labute approximate surface area is 378 Å². The number of rotatable bonds is 48. The van der Waals surface area contributed by atoms with Gasteiger partial charge in [-0.15, -0.1) is 0 Å². The first kappa shape index (κ1) is 59.1. The fourth-order valence-electron chi connectivity index (χ4n) is 8.07. The number of ether oxygens (including phenoxy) is 3. The molecule has 61 heavy (non-hydrogen) atoms. The highest BCUT2D eigenvalue weighted by Crippen LogP contribution is 2.17. The van der Waals surface area contributed by atoms with Gasteiger partial charge in [-0.2, -0.15) is 0 Å². The molecular weight excluding hydrogens is 763 g/mol. The summed E-state index contributed by atoms with van der Waals surface area (Å²) in [5.41, 5.74) is 0. The third-order valence-electron chi connectivity index (χ3n) is 12.2. The van der Waals surface area contributed by atoms with Crippen LogP contribution in [-0.4, -0.2) is 75.5 Å². The van der Waals surface area contributed by atoms with Crippen molar-refractivity contribution in [1.29, 1.82) is 0 Å². The lowest BCUT2D eigenvalue weighted by Gasteiger charge is -2.34. The monoisotopic (exact) mass is 864 g/mol. The Kier molecular flexibility index (Phi) is 43.3. The molecule has 8 heteroatoms. The van der Waals surface area contributed by atoms with Gasteiger partial charge in [-0.05, 0) is 38.5 Å². The molecule has 0 aromatic heterocycles. The first-order chi connectivity index (χ1) is 29.6. The van der Waals surface area contributed by atoms with E-state index >= 15 is 0 Å². The lowest BCUT2D eigenvalue weighted by Crippen LogP contribution is -2.55. The molecule has 0 rings (SSSR count). The molecule has 0 radical (unpaired) electrons. The maximum Gasteiger partial charge on any atom is 0.306 e. The van der Waals surface area contributed by atoms with Gasteiger partial charge >= 0.3 is 11.9 Å². The van der Waals surface area contributed by atoms with Gasteiger partial charge < -0.3 is 28.6 Å². The maximum atomic E-state index is 12.7. The minimum absolute atomic E-state index is 0.0406. The number of unbranched alkanes of at least 4 members (excludes halogenated alkanes) is 32. The molecule has 0 saturated heterocycles. The molecule has 0 heterocycles. The number of hydrogen-bond donors (Lipinski definition) is 0. The zero-order valence-electron chi connectivity index (χ0n) is 41.1. The number of carbonyl (C=O) groups is 3. The van der Waals surface area contributed by atoms with E-state index in [0.717, 1.165) is 51.4 Å². The molecule has 2 atom stereocenters. The van der Waals surface area contributed by atoms with Gasteiger partial charge in [0.1, 0.15) is 12.6 Å². The van der Waals surface area contributed by atoms with Crippen molar-refractivity contribution in [2.45, 2.75) is 270 Å². The largest absolute Gasteiger partial charge is 0.544 e. The number of hydrogen-bond acceptors (Lipinski definition) is 7. The van der Waals surface area contributed by atoms with Crippen molar-refractivity contribution < 1.29 is 38.2 Å². The fourth-order valence-corrected chi connectivity index (χ4v) is 8.07. The van der Waals surface area contributed by atoms with Gasteiger partial charge in [0, 0.05) is 19.3 Å². The predicted octanol–water partition coefficient (Wildman–Crippen LogP) is 13.7. The Balaban J connectivity index is 4.14. The molecule has 0 aliphatic heterocycles. The Morgan fingerprint density at radius 1 is 0.475 bits per heavy atom. The van der Waals surface area contributed by atoms with Crippen LogP contribution in [-0.2, 0) is 28.6 Å². The van der Waals surface area contributed by atoms with Gasteiger partial charge in [-0.1, -0.05) is 212 Å². The molecule has 0 aromatic rings. The van der Waals surface area contributed by atoms with E-state index in [2.05, 4.69) is 26.0 Å². The summed E-state index contributed by atoms with van der Waals surface area (Å²) in [6, 6.07) is -0.724. The van der Waals surface area contributed by atoms with E-state index in [4.69, 9.17) is 14.2 Å². The summed E-state index contributed by atoms with van der Waals surface area (Å²) in [6.07, 6.45) is 49.7. The van der Waals surface area contributed by atoms with Crippen molar-refractivity contribution in [3.8, 4) is 0 Å². The number of nitrogens with zero attached hydrogens (tertiary/aromatic N) is 1. The Morgan fingerprint density at radius 3 is 1.20 bits per heavy atom. The van der Waals surface area contributed by atoms with Crippen molar-refractivity contribution in [2.24, 2.45) is 0 Å². The van der Waals surface area contributed by atoms with Crippen LogP contribution in [0.1, 0.15) is 258 Å². The topological polar surface area (TPSA) is 102 Å². The number of aliphatic carboxylic acids is 1. The number of allylic oxidation sites excluding steroid dienone is 2. The normalized spacial score (nSPS) is 12.9. The van der Waals surface area contributed by atoms with Crippen LogP contribution in [0.2, 0.25) is 0 Å². The second-order valence-corrected chi connectivity index (χ2v) is 19.1. The first-order valence-electron chi connectivity index (χ1n) is 26.2. The van der Waals surface area contributed by atoms with Crippen molar-refractivity contribution in [3.05, 3.63) is 12.2 Å². The van der Waals surface area contributed by atoms with E-state index in [1.54, 1.807) is 21.1 Å². The van der Waals surface area contributed by atoms with Crippen molar-refractivity contribution in [1.82, 2.24) is 0 Å². The van der Waals surface area contributed by atoms with Crippen LogP contribution in [0, 0.1) is 0 Å². The van der Waals surface area contributed by atoms with Gasteiger partial charge in [0.05, 0.1) is 40.3 Å². The lowest BCUT2D eigenvalue weighted by molar-refractivity contribution is -0.889. The molecule has 0 fully saturated rings. The highest BCUT2D eigenvalue weighted by atomic mass is 16.6. The minimum Gasteiger partial charge on any atom is -0.544 e. The summed E-state index contributed by atoms with van der Waals surface area (Å²) in [7, 11) is 5.42. The number of likely N-dealkylation sites (N-methyl/N-ethyl adjacent to an activating group) is 1. The average molecular weight is 864 g/mol. The smallest absolute Gasteiger partial charge is 0.306 e. The van der Waals surface area contributed by atoms with Crippen LogP contribution in [0.3, 0.4) is 0 Å². The van der Waals surface area contributed by atoms with Gasteiger partial charge in [0.25, 0.3) is 0 Å². The Hall–Kier alpha value is -1.93. The molecule has 0 N–H and O–H groups in total. The Bertz CT molecular complexity index is 1010. The molecule has 8 nitrogen and oxygen atoms in total. The number of carboxylic acid groups (broad SMARTS) is 1. The highest BCUT2D eigenvalue weighted by Gasteiger charge is 2.25. The molecule has 0 saturated carbocycles. The van der Waals surface area contributed by atoms with E-state index in [9.17, 15) is 19.5 Å². The van der Waals surface area contributed by atoms with Crippen molar-refractivity contribution >= 4 is 17.9 Å². The maximum absolute atomic E-state index is 12.7. The third kappa shape index (κ3) is 43.1. The average Bonchev–Trinajstić information content (AvgIpc) is 3.22. The molecule has 2 unspecified atom stereocenters. The van der Waals surface area contributed by atoms with Crippen LogP contribution >= 0.6 is 0 Å². The summed E-state index contributed by atoms with van der Waals surface area (Å²) in [4.78, 5) is 37.0. The predicted molar refractivity (Wildman–Crippen MR) is 254 cm³/mol. The zero-order valence-corrected chi connectivity index (χ0v) is 41.1. The molecule has 0 bridgehead atoms. The van der Waals surface area contributed by atoms with Gasteiger partial charge in [-0.25, -0.2) is 0 Å². The molecule has 0 spiro atoms. The molecular formula is C53H101NO7. The minimum atomic E-state index is -1.12. The second-order valence-electron chi connectivity index (χ2n) is 19.1. The summed E-state index contributed by atoms with van der Waals surface area (Å²) in [5.74, 6) is -1.73. The molecule has 0 aromatic carbocycles. The van der Waals surface area contributed by atoms with Crippen LogP contribution in [0.4, 0.5) is 0 Å². The van der Waals surface area contributed by atoms with E-state index in [-0.39, 0.29) is 42.7 Å². The number of esters is 2. The van der Waals surface area contributed by atoms with E-state index in [0.29, 0.717) is 12.8 Å². The van der Waals surface area contributed by atoms with E-state index in [1.807, 2.05) is 0 Å². The summed E-state index contributed by atoms with van der Waals surface area (Å²) >= 11 is 0. The lowest BCUT2D eigenvalue weighted by atomic mass is 10.0.